The Kier molecular flexibility index (Phi) is 4.54. The Morgan fingerprint density at radius 2 is 2.11 bits per heavy atom. The first-order valence-electron chi connectivity index (χ1n) is 5.31. The van der Waals surface area contributed by atoms with Crippen LogP contribution in [0.2, 0.25) is 0 Å². The fraction of sp³-hybridized carbons (Fsp3) is 0.400. The van der Waals surface area contributed by atoms with Crippen molar-refractivity contribution >= 4 is 63.2 Å². The molecule has 1 saturated heterocycles. The Hall–Kier alpha value is -0.180. The first-order chi connectivity index (χ1) is 8.76. The third-order valence-electron chi connectivity index (χ3n) is 2.73. The van der Waals surface area contributed by atoms with Gasteiger partial charge in [0.2, 0.25) is 15.0 Å². The van der Waals surface area contributed by atoms with Gasteiger partial charge in [-0.2, -0.15) is 0 Å². The average molecular weight is 433 g/mol. The van der Waals surface area contributed by atoms with E-state index in [0.717, 1.165) is 0 Å². The van der Waals surface area contributed by atoms with Crippen molar-refractivity contribution in [3.05, 3.63) is 21.3 Å². The third-order valence-corrected chi connectivity index (χ3v) is 5.00. The second-order valence-corrected chi connectivity index (χ2v) is 8.61. The van der Waals surface area contributed by atoms with Gasteiger partial charge in [-0.05, 0) is 44.0 Å². The van der Waals surface area contributed by atoms with Crippen LogP contribution in [0, 0.1) is 5.92 Å². The number of aromatic nitrogens is 1. The molecule has 2 rings (SSSR count). The van der Waals surface area contributed by atoms with E-state index in [-0.39, 0.29) is 24.0 Å². The number of rotatable bonds is 3. The molecule has 9 heteroatoms. The Balaban J connectivity index is 2.20. The number of amides is 1. The minimum absolute atomic E-state index is 0.130. The quantitative estimate of drug-likeness (QED) is 0.544. The monoisotopic (exact) mass is 430 g/mol. The van der Waals surface area contributed by atoms with Crippen LogP contribution in [0.5, 0.6) is 0 Å². The van der Waals surface area contributed by atoms with E-state index in [1.54, 1.807) is 12.1 Å². The summed E-state index contributed by atoms with van der Waals surface area (Å²) in [6.07, 6.45) is 0.175. The fourth-order valence-corrected chi connectivity index (χ4v) is 4.42. The molecule has 0 N–H and O–H groups in total. The molecule has 1 aromatic heterocycles. The molecular weight excluding hydrogens is 423 g/mol. The molecular formula is C10H9Br2ClN2O3S. The van der Waals surface area contributed by atoms with Gasteiger partial charge < -0.3 is 4.90 Å². The summed E-state index contributed by atoms with van der Waals surface area (Å²) < 4.78 is 23.3. The van der Waals surface area contributed by atoms with Crippen LogP contribution in [-0.4, -0.2) is 31.6 Å². The first-order valence-corrected chi connectivity index (χ1v) is 9.37. The van der Waals surface area contributed by atoms with Gasteiger partial charge in [0.05, 0.1) is 11.4 Å². The van der Waals surface area contributed by atoms with Crippen LogP contribution in [0.15, 0.2) is 21.3 Å². The number of carbonyl (C=O) groups excluding carboxylic acids is 1. The molecule has 0 bridgehead atoms. The van der Waals surface area contributed by atoms with Crippen LogP contribution in [-0.2, 0) is 13.8 Å². The highest BCUT2D eigenvalue weighted by atomic mass is 79.9. The van der Waals surface area contributed by atoms with Crippen molar-refractivity contribution in [1.82, 2.24) is 4.98 Å². The fourth-order valence-electron chi connectivity index (χ4n) is 2.01. The van der Waals surface area contributed by atoms with Gasteiger partial charge in [-0.1, -0.05) is 0 Å². The minimum Gasteiger partial charge on any atom is -0.310 e. The molecule has 0 radical (unpaired) electrons. The molecule has 1 unspecified atom stereocenters. The lowest BCUT2D eigenvalue weighted by Crippen LogP contribution is -2.25. The minimum atomic E-state index is -3.59. The van der Waals surface area contributed by atoms with Gasteiger partial charge >= 0.3 is 0 Å². The summed E-state index contributed by atoms with van der Waals surface area (Å²) >= 11 is 6.52. The van der Waals surface area contributed by atoms with Gasteiger partial charge in [0.25, 0.3) is 0 Å². The normalized spacial score (nSPS) is 20.1. The molecule has 1 amide bonds. The molecule has 104 valence electrons. The predicted octanol–water partition coefficient (Wildman–Crippen LogP) is 2.53. The van der Waals surface area contributed by atoms with Gasteiger partial charge in [0.15, 0.2) is 0 Å². The van der Waals surface area contributed by atoms with Crippen molar-refractivity contribution in [3.8, 4) is 0 Å². The molecule has 1 aliphatic heterocycles. The molecule has 0 aromatic carbocycles. The second-order valence-electron chi connectivity index (χ2n) is 4.22. The van der Waals surface area contributed by atoms with E-state index in [1.807, 2.05) is 0 Å². The molecule has 1 fully saturated rings. The molecule has 19 heavy (non-hydrogen) atoms. The largest absolute Gasteiger partial charge is 0.310 e. The lowest BCUT2D eigenvalue weighted by atomic mass is 10.1. The standard InChI is InChI=1S/C10H9Br2ClN2O3S/c11-8-2-1-7(10(12)14-8)15-4-6(3-9(15)16)5-19(13,17)18/h1-2,6H,3-5H2. The topological polar surface area (TPSA) is 67.3 Å². The molecule has 5 nitrogen and oxygen atoms in total. The van der Waals surface area contributed by atoms with Crippen LogP contribution < -0.4 is 4.90 Å². The molecule has 2 heterocycles. The van der Waals surface area contributed by atoms with Crippen LogP contribution in [0.1, 0.15) is 6.42 Å². The summed E-state index contributed by atoms with van der Waals surface area (Å²) in [5.41, 5.74) is 0.627. The zero-order valence-electron chi connectivity index (χ0n) is 9.51. The molecule has 1 aliphatic rings. The van der Waals surface area contributed by atoms with Crippen molar-refractivity contribution in [1.29, 1.82) is 0 Å². The van der Waals surface area contributed by atoms with Gasteiger partial charge in [0.1, 0.15) is 9.21 Å². The number of hydrogen-bond donors (Lipinski definition) is 0. The molecule has 1 atom stereocenters. The number of carbonyl (C=O) groups is 1. The molecule has 1 aromatic rings. The summed E-state index contributed by atoms with van der Waals surface area (Å²) in [5, 5.41) is 0. The highest BCUT2D eigenvalue weighted by Crippen LogP contribution is 2.32. The highest BCUT2D eigenvalue weighted by molar-refractivity contribution is 9.11. The van der Waals surface area contributed by atoms with E-state index in [4.69, 9.17) is 10.7 Å². The number of anilines is 1. The van der Waals surface area contributed by atoms with E-state index in [2.05, 4.69) is 36.8 Å². The van der Waals surface area contributed by atoms with E-state index in [9.17, 15) is 13.2 Å². The second kappa shape index (κ2) is 5.67. The van der Waals surface area contributed by atoms with E-state index >= 15 is 0 Å². The van der Waals surface area contributed by atoms with Crippen LogP contribution in [0.3, 0.4) is 0 Å². The van der Waals surface area contributed by atoms with Crippen LogP contribution in [0.4, 0.5) is 5.69 Å². The average Bonchev–Trinajstić information content (AvgIpc) is 2.56. The summed E-state index contributed by atoms with van der Waals surface area (Å²) in [6, 6.07) is 3.47. The predicted molar refractivity (Wildman–Crippen MR) is 79.7 cm³/mol. The van der Waals surface area contributed by atoms with E-state index in [0.29, 0.717) is 21.4 Å². The van der Waals surface area contributed by atoms with Crippen molar-refractivity contribution < 1.29 is 13.2 Å². The number of nitrogens with zero attached hydrogens (tertiary/aromatic N) is 2. The lowest BCUT2D eigenvalue weighted by Gasteiger charge is -2.17. The van der Waals surface area contributed by atoms with E-state index < -0.39 is 9.05 Å². The Morgan fingerprint density at radius 3 is 2.68 bits per heavy atom. The Morgan fingerprint density at radius 1 is 1.42 bits per heavy atom. The Bertz CT molecular complexity index is 623. The van der Waals surface area contributed by atoms with Crippen molar-refractivity contribution in [3.63, 3.8) is 0 Å². The zero-order valence-corrected chi connectivity index (χ0v) is 14.3. The maximum Gasteiger partial charge on any atom is 0.232 e. The SMILES string of the molecule is O=C1CC(CS(=O)(=O)Cl)CN1c1ccc(Br)nc1Br. The Labute approximate surface area is 132 Å². The molecule has 0 spiro atoms. The maximum absolute atomic E-state index is 11.9. The van der Waals surface area contributed by atoms with E-state index in [1.165, 1.54) is 4.90 Å². The first kappa shape index (κ1) is 15.2. The summed E-state index contributed by atoms with van der Waals surface area (Å²) in [7, 11) is 1.63. The van der Waals surface area contributed by atoms with Gasteiger partial charge in [-0.15, -0.1) is 0 Å². The number of hydrogen-bond acceptors (Lipinski definition) is 4. The van der Waals surface area contributed by atoms with Crippen LogP contribution in [0.25, 0.3) is 0 Å². The van der Waals surface area contributed by atoms with Crippen molar-refractivity contribution in [2.24, 2.45) is 5.92 Å². The summed E-state index contributed by atoms with van der Waals surface area (Å²) in [5.74, 6) is -0.612. The maximum atomic E-state index is 11.9. The number of pyridine rings is 1. The number of halogens is 3. The van der Waals surface area contributed by atoms with Gasteiger partial charge in [-0.25, -0.2) is 13.4 Å². The van der Waals surface area contributed by atoms with Crippen LogP contribution >= 0.6 is 42.5 Å². The van der Waals surface area contributed by atoms with Crippen molar-refractivity contribution in [2.45, 2.75) is 6.42 Å². The van der Waals surface area contributed by atoms with Gasteiger partial charge in [0, 0.05) is 29.6 Å². The summed E-state index contributed by atoms with van der Waals surface area (Å²) in [6.45, 7) is 0.326. The van der Waals surface area contributed by atoms with Gasteiger partial charge in [-0.3, -0.25) is 4.79 Å². The molecule has 0 aliphatic carbocycles. The summed E-state index contributed by atoms with van der Waals surface area (Å²) in [4.78, 5) is 17.6. The molecule has 0 saturated carbocycles. The lowest BCUT2D eigenvalue weighted by molar-refractivity contribution is -0.117. The highest BCUT2D eigenvalue weighted by Gasteiger charge is 2.34. The third kappa shape index (κ3) is 3.90. The zero-order chi connectivity index (χ0) is 14.2. The van der Waals surface area contributed by atoms with Crippen molar-refractivity contribution in [2.75, 3.05) is 17.2 Å². The smallest absolute Gasteiger partial charge is 0.232 e.